The number of carbonyl (C=O) groups is 2. The van der Waals surface area contributed by atoms with E-state index in [4.69, 9.17) is 9.47 Å². The Morgan fingerprint density at radius 3 is 2.31 bits per heavy atom. The first-order valence-corrected chi connectivity index (χ1v) is 17.4. The number of benzene rings is 2. The second-order valence-electron chi connectivity index (χ2n) is 10.8. The van der Waals surface area contributed by atoms with Crippen LogP contribution in [0.3, 0.4) is 0 Å². The van der Waals surface area contributed by atoms with E-state index in [2.05, 4.69) is 17.3 Å². The molecule has 2 aliphatic heterocycles. The standard InChI is InChI=1S/C29H39N3O8S2/c1-4-39-29(34)27(19-22-7-9-23(10-8-22)40-24-13-16-31(3)17-14-24)32(28(33)26-20-41(35,36)18-15-30-26)42(37,38)25-11-5-21(2)6-12-25/h5-12,24,26-27,30H,4,13-20H2,1-3H3/t26?,27-/m0/s1. The van der Waals surface area contributed by atoms with E-state index in [1.165, 1.54) is 12.1 Å². The molecule has 1 amide bonds. The Morgan fingerprint density at radius 1 is 1.07 bits per heavy atom. The molecule has 2 aliphatic rings. The zero-order valence-corrected chi connectivity index (χ0v) is 25.8. The van der Waals surface area contributed by atoms with Crippen LogP contribution in [0.5, 0.6) is 5.75 Å². The minimum Gasteiger partial charge on any atom is -0.490 e. The first kappa shape index (κ1) is 31.9. The van der Waals surface area contributed by atoms with Crippen molar-refractivity contribution in [1.82, 2.24) is 14.5 Å². The monoisotopic (exact) mass is 621 g/mol. The summed E-state index contributed by atoms with van der Waals surface area (Å²) in [6.45, 7) is 5.21. The number of amides is 1. The summed E-state index contributed by atoms with van der Waals surface area (Å²) in [4.78, 5) is 29.3. The van der Waals surface area contributed by atoms with Crippen LogP contribution in [0.2, 0.25) is 0 Å². The van der Waals surface area contributed by atoms with Crippen molar-refractivity contribution in [1.29, 1.82) is 0 Å². The predicted octanol–water partition coefficient (Wildman–Crippen LogP) is 1.55. The smallest absolute Gasteiger partial charge is 0.330 e. The SMILES string of the molecule is CCOC(=O)[C@H](Cc1ccc(OC2CCN(C)CC2)cc1)N(C(=O)C1CS(=O)(=O)CCN1)S(=O)(=O)c1ccc(C)cc1. The van der Waals surface area contributed by atoms with Gasteiger partial charge >= 0.3 is 5.97 Å². The summed E-state index contributed by atoms with van der Waals surface area (Å²) >= 11 is 0. The van der Waals surface area contributed by atoms with Crippen molar-refractivity contribution in [2.24, 2.45) is 0 Å². The third kappa shape index (κ3) is 7.88. The zero-order chi connectivity index (χ0) is 30.5. The Morgan fingerprint density at radius 2 is 1.71 bits per heavy atom. The van der Waals surface area contributed by atoms with E-state index in [-0.39, 0.29) is 36.3 Å². The van der Waals surface area contributed by atoms with E-state index in [0.717, 1.165) is 31.5 Å². The first-order chi connectivity index (χ1) is 19.9. The van der Waals surface area contributed by atoms with Gasteiger partial charge in [-0.15, -0.1) is 0 Å². The number of esters is 1. The van der Waals surface area contributed by atoms with E-state index in [1.54, 1.807) is 50.2 Å². The topological polar surface area (TPSA) is 139 Å². The fraction of sp³-hybridized carbons (Fsp3) is 0.517. The highest BCUT2D eigenvalue weighted by atomic mass is 32.2. The van der Waals surface area contributed by atoms with Crippen LogP contribution in [-0.2, 0) is 40.6 Å². The number of nitrogens with one attached hydrogen (secondary N) is 1. The summed E-state index contributed by atoms with van der Waals surface area (Å²) < 4.78 is 64.7. The molecule has 0 aliphatic carbocycles. The van der Waals surface area contributed by atoms with Crippen molar-refractivity contribution in [3.05, 3.63) is 59.7 Å². The molecule has 1 unspecified atom stereocenters. The van der Waals surface area contributed by atoms with E-state index >= 15 is 0 Å². The van der Waals surface area contributed by atoms with Gasteiger partial charge in [0.2, 0.25) is 0 Å². The third-order valence-electron chi connectivity index (χ3n) is 7.48. The van der Waals surface area contributed by atoms with Gasteiger partial charge in [-0.2, -0.15) is 0 Å². The number of likely N-dealkylation sites (tertiary alicyclic amines) is 1. The number of hydrogen-bond donors (Lipinski definition) is 1. The lowest BCUT2D eigenvalue weighted by Crippen LogP contribution is -2.59. The summed E-state index contributed by atoms with van der Waals surface area (Å²) in [7, 11) is -6.13. The van der Waals surface area contributed by atoms with Crippen molar-refractivity contribution in [3.8, 4) is 5.75 Å². The highest BCUT2D eigenvalue weighted by Crippen LogP contribution is 2.26. The molecule has 2 atom stereocenters. The molecule has 2 heterocycles. The normalized spacial score (nSPS) is 20.4. The lowest BCUT2D eigenvalue weighted by molar-refractivity contribution is -0.151. The van der Waals surface area contributed by atoms with E-state index in [0.29, 0.717) is 15.6 Å². The molecule has 11 nitrogen and oxygen atoms in total. The van der Waals surface area contributed by atoms with Gasteiger partial charge in [0.1, 0.15) is 23.9 Å². The van der Waals surface area contributed by atoms with Crippen LogP contribution in [-0.4, -0.2) is 101 Å². The number of piperidine rings is 1. The van der Waals surface area contributed by atoms with E-state index in [9.17, 15) is 26.4 Å². The van der Waals surface area contributed by atoms with Gasteiger partial charge in [-0.25, -0.2) is 25.9 Å². The lowest BCUT2D eigenvalue weighted by Gasteiger charge is -2.34. The van der Waals surface area contributed by atoms with Crippen molar-refractivity contribution in [2.75, 3.05) is 44.8 Å². The minimum absolute atomic E-state index is 0.0139. The number of sulfonamides is 1. The molecule has 0 aromatic heterocycles. The maximum absolute atomic E-state index is 14.0. The molecule has 13 heteroatoms. The third-order valence-corrected chi connectivity index (χ3v) is 11.0. The van der Waals surface area contributed by atoms with Crippen LogP contribution in [0.1, 0.15) is 30.9 Å². The number of sulfone groups is 1. The quantitative estimate of drug-likeness (QED) is 0.389. The summed E-state index contributed by atoms with van der Waals surface area (Å²) in [5.41, 5.74) is 1.38. The van der Waals surface area contributed by atoms with Crippen LogP contribution < -0.4 is 10.1 Å². The number of ether oxygens (including phenoxy) is 2. The maximum atomic E-state index is 14.0. The van der Waals surface area contributed by atoms with Gasteiger partial charge in [-0.3, -0.25) is 4.79 Å². The molecule has 2 aromatic carbocycles. The molecule has 2 aromatic rings. The fourth-order valence-corrected chi connectivity index (χ4v) is 8.01. The number of hydrogen-bond acceptors (Lipinski definition) is 10. The first-order valence-electron chi connectivity index (χ1n) is 14.1. The molecule has 0 spiro atoms. The summed E-state index contributed by atoms with van der Waals surface area (Å²) in [6, 6.07) is 9.92. The van der Waals surface area contributed by atoms with E-state index < -0.39 is 49.6 Å². The second kappa shape index (κ2) is 13.5. The molecule has 2 saturated heterocycles. The van der Waals surface area contributed by atoms with Crippen LogP contribution >= 0.6 is 0 Å². The van der Waals surface area contributed by atoms with Crippen LogP contribution in [0, 0.1) is 6.92 Å². The van der Waals surface area contributed by atoms with Crippen LogP contribution in [0.15, 0.2) is 53.4 Å². The lowest BCUT2D eigenvalue weighted by atomic mass is 10.0. The zero-order valence-electron chi connectivity index (χ0n) is 24.2. The Bertz CT molecular complexity index is 1450. The summed E-state index contributed by atoms with van der Waals surface area (Å²) in [6.07, 6.45) is 1.72. The average Bonchev–Trinajstić information content (AvgIpc) is 2.94. The highest BCUT2D eigenvalue weighted by Gasteiger charge is 2.45. The molecule has 4 rings (SSSR count). The van der Waals surface area contributed by atoms with Gasteiger partial charge in [-0.05, 0) is 63.6 Å². The second-order valence-corrected chi connectivity index (χ2v) is 14.9. The van der Waals surface area contributed by atoms with Gasteiger partial charge in [0.25, 0.3) is 15.9 Å². The maximum Gasteiger partial charge on any atom is 0.330 e. The summed E-state index contributed by atoms with van der Waals surface area (Å²) in [5.74, 6) is -2.04. The van der Waals surface area contributed by atoms with Gasteiger partial charge in [-0.1, -0.05) is 29.8 Å². The van der Waals surface area contributed by atoms with Crippen molar-refractivity contribution in [2.45, 2.75) is 56.2 Å². The molecule has 1 N–H and O–H groups in total. The van der Waals surface area contributed by atoms with Crippen molar-refractivity contribution >= 4 is 31.7 Å². The number of aryl methyl sites for hydroxylation is 1. The number of nitrogens with zero attached hydrogens (tertiary/aromatic N) is 2. The predicted molar refractivity (Wildman–Crippen MR) is 157 cm³/mol. The molecule has 0 saturated carbocycles. The Hall–Kier alpha value is -3.00. The molecular weight excluding hydrogens is 582 g/mol. The fourth-order valence-electron chi connectivity index (χ4n) is 5.08. The Balaban J connectivity index is 1.67. The van der Waals surface area contributed by atoms with Gasteiger partial charge in [0.15, 0.2) is 9.84 Å². The van der Waals surface area contributed by atoms with Crippen molar-refractivity contribution in [3.63, 3.8) is 0 Å². The molecule has 42 heavy (non-hydrogen) atoms. The molecule has 0 radical (unpaired) electrons. The minimum atomic E-state index is -4.60. The molecule has 0 bridgehead atoms. The Kier molecular flexibility index (Phi) is 10.3. The molecule has 230 valence electrons. The highest BCUT2D eigenvalue weighted by molar-refractivity contribution is 7.91. The molecular formula is C29H39N3O8S2. The summed E-state index contributed by atoms with van der Waals surface area (Å²) in [5, 5.41) is 2.82. The van der Waals surface area contributed by atoms with Crippen LogP contribution in [0.4, 0.5) is 0 Å². The van der Waals surface area contributed by atoms with Crippen LogP contribution in [0.25, 0.3) is 0 Å². The molecule has 2 fully saturated rings. The van der Waals surface area contributed by atoms with Gasteiger partial charge in [0.05, 0.1) is 23.0 Å². The number of carbonyl (C=O) groups excluding carboxylic acids is 2. The van der Waals surface area contributed by atoms with E-state index in [1.807, 2.05) is 0 Å². The largest absolute Gasteiger partial charge is 0.490 e. The average molecular weight is 622 g/mol. The van der Waals surface area contributed by atoms with Gasteiger partial charge < -0.3 is 19.7 Å². The van der Waals surface area contributed by atoms with Crippen molar-refractivity contribution < 1.29 is 35.9 Å². The van der Waals surface area contributed by atoms with Gasteiger partial charge in [0, 0.05) is 26.1 Å². The Labute approximate surface area is 248 Å². The number of rotatable bonds is 10.